The Morgan fingerprint density at radius 3 is 2.73 bits per heavy atom. The number of nitrogens with zero attached hydrogens (tertiary/aromatic N) is 6. The van der Waals surface area contributed by atoms with E-state index in [4.69, 9.17) is 28.9 Å². The number of anilines is 1. The molecule has 10 nitrogen and oxygen atoms in total. The molecule has 1 aromatic carbocycles. The molecule has 0 unspecified atom stereocenters. The highest BCUT2D eigenvalue weighted by Gasteiger charge is 2.22. The summed E-state index contributed by atoms with van der Waals surface area (Å²) in [4.78, 5) is 12.5. The molecule has 0 saturated heterocycles. The standard InChI is InChI=1S/C14H12Cl2N8O2/c1-6(8-3-4-9(15)10(16)5-8)18-20-14(25)11-7(2)19-23-24(11)13-12(17)21-26-22-13/h3-5H,1-2H3,(H2,17,21)(H,20,25)/b18-6+. The summed E-state index contributed by atoms with van der Waals surface area (Å²) in [6.07, 6.45) is 0. The minimum Gasteiger partial charge on any atom is -0.378 e. The molecule has 0 aliphatic rings. The monoisotopic (exact) mass is 394 g/mol. The summed E-state index contributed by atoms with van der Waals surface area (Å²) in [5.41, 5.74) is 9.74. The Balaban J connectivity index is 1.86. The van der Waals surface area contributed by atoms with E-state index in [-0.39, 0.29) is 17.3 Å². The van der Waals surface area contributed by atoms with Gasteiger partial charge >= 0.3 is 0 Å². The lowest BCUT2D eigenvalue weighted by atomic mass is 10.1. The summed E-state index contributed by atoms with van der Waals surface area (Å²) in [6.45, 7) is 3.32. The van der Waals surface area contributed by atoms with Gasteiger partial charge in [0.2, 0.25) is 11.6 Å². The van der Waals surface area contributed by atoms with Crippen LogP contribution in [0.5, 0.6) is 0 Å². The van der Waals surface area contributed by atoms with Crippen molar-refractivity contribution in [2.24, 2.45) is 5.10 Å². The number of nitrogen functional groups attached to an aromatic ring is 1. The molecule has 0 radical (unpaired) electrons. The van der Waals surface area contributed by atoms with E-state index >= 15 is 0 Å². The summed E-state index contributed by atoms with van der Waals surface area (Å²) < 4.78 is 5.65. The lowest BCUT2D eigenvalue weighted by Gasteiger charge is -2.05. The van der Waals surface area contributed by atoms with Crippen molar-refractivity contribution >= 4 is 40.6 Å². The molecule has 0 atom stereocenters. The second-order valence-electron chi connectivity index (χ2n) is 5.18. The number of aromatic nitrogens is 5. The minimum atomic E-state index is -0.561. The van der Waals surface area contributed by atoms with Crippen LogP contribution in [0.3, 0.4) is 0 Å². The van der Waals surface area contributed by atoms with E-state index in [2.05, 4.69) is 35.8 Å². The maximum absolute atomic E-state index is 12.5. The first-order valence-electron chi connectivity index (χ1n) is 7.19. The molecule has 3 N–H and O–H groups in total. The summed E-state index contributed by atoms with van der Waals surface area (Å²) in [5, 5.41) is 19.6. The van der Waals surface area contributed by atoms with Crippen molar-refractivity contribution in [1.82, 2.24) is 30.7 Å². The number of amides is 1. The fraction of sp³-hybridized carbons (Fsp3) is 0.143. The molecule has 0 aliphatic heterocycles. The van der Waals surface area contributed by atoms with Gasteiger partial charge in [-0.05, 0) is 41.9 Å². The van der Waals surface area contributed by atoms with Gasteiger partial charge in [0.05, 0.1) is 21.5 Å². The predicted octanol–water partition coefficient (Wildman–Crippen LogP) is 2.00. The molecule has 3 rings (SSSR count). The first-order valence-corrected chi connectivity index (χ1v) is 7.95. The fourth-order valence-electron chi connectivity index (χ4n) is 2.08. The third-order valence-electron chi connectivity index (χ3n) is 3.41. The van der Waals surface area contributed by atoms with E-state index in [1.807, 2.05) is 0 Å². The van der Waals surface area contributed by atoms with Gasteiger partial charge in [0.15, 0.2) is 5.69 Å². The summed E-state index contributed by atoms with van der Waals surface area (Å²) in [6, 6.07) is 5.02. The van der Waals surface area contributed by atoms with E-state index in [9.17, 15) is 4.79 Å². The molecule has 2 aromatic heterocycles. The van der Waals surface area contributed by atoms with Crippen LogP contribution in [-0.2, 0) is 0 Å². The smallest absolute Gasteiger partial charge is 0.292 e. The van der Waals surface area contributed by atoms with Crippen molar-refractivity contribution in [1.29, 1.82) is 0 Å². The van der Waals surface area contributed by atoms with Crippen LogP contribution in [0.25, 0.3) is 5.82 Å². The second kappa shape index (κ2) is 7.10. The molecule has 12 heteroatoms. The Bertz CT molecular complexity index is 1010. The van der Waals surface area contributed by atoms with Crippen LogP contribution in [0.2, 0.25) is 10.0 Å². The topological polar surface area (TPSA) is 137 Å². The number of nitrogens with two attached hydrogens (primary N) is 1. The number of hydrazone groups is 1. The average molecular weight is 395 g/mol. The van der Waals surface area contributed by atoms with Crippen LogP contribution in [0, 0.1) is 6.92 Å². The van der Waals surface area contributed by atoms with E-state index in [0.29, 0.717) is 27.0 Å². The van der Waals surface area contributed by atoms with Crippen molar-refractivity contribution in [3.05, 3.63) is 45.2 Å². The Hall–Kier alpha value is -2.98. The lowest BCUT2D eigenvalue weighted by molar-refractivity contribution is 0.0946. The molecule has 2 heterocycles. The van der Waals surface area contributed by atoms with Crippen LogP contribution in [-0.4, -0.2) is 36.9 Å². The highest BCUT2D eigenvalue weighted by molar-refractivity contribution is 6.42. The highest BCUT2D eigenvalue weighted by atomic mass is 35.5. The largest absolute Gasteiger partial charge is 0.378 e. The van der Waals surface area contributed by atoms with Crippen molar-refractivity contribution in [2.75, 3.05) is 5.73 Å². The molecule has 0 aliphatic carbocycles. The van der Waals surface area contributed by atoms with Crippen molar-refractivity contribution in [3.63, 3.8) is 0 Å². The summed E-state index contributed by atoms with van der Waals surface area (Å²) in [5.74, 6) is -0.533. The van der Waals surface area contributed by atoms with Gasteiger partial charge < -0.3 is 5.73 Å². The maximum Gasteiger partial charge on any atom is 0.292 e. The lowest BCUT2D eigenvalue weighted by Crippen LogP contribution is -2.24. The van der Waals surface area contributed by atoms with Crippen LogP contribution >= 0.6 is 23.2 Å². The Morgan fingerprint density at radius 2 is 2.08 bits per heavy atom. The van der Waals surface area contributed by atoms with Gasteiger partial charge in [-0.15, -0.1) is 5.10 Å². The minimum absolute atomic E-state index is 0.0283. The molecular weight excluding hydrogens is 383 g/mol. The van der Waals surface area contributed by atoms with Crippen LogP contribution in [0.15, 0.2) is 27.9 Å². The second-order valence-corrected chi connectivity index (χ2v) is 5.99. The zero-order chi connectivity index (χ0) is 18.8. The van der Waals surface area contributed by atoms with E-state index < -0.39 is 5.91 Å². The number of carbonyl (C=O) groups excluding carboxylic acids is 1. The van der Waals surface area contributed by atoms with Crippen molar-refractivity contribution in [3.8, 4) is 5.82 Å². The Morgan fingerprint density at radius 1 is 1.31 bits per heavy atom. The quantitative estimate of drug-likeness (QED) is 0.509. The van der Waals surface area contributed by atoms with E-state index in [0.717, 1.165) is 4.68 Å². The first kappa shape index (κ1) is 17.8. The molecule has 0 saturated carbocycles. The number of nitrogens with one attached hydrogen (secondary N) is 1. The van der Waals surface area contributed by atoms with Gasteiger partial charge in [-0.25, -0.2) is 10.1 Å². The normalized spacial score (nSPS) is 11.6. The number of carbonyl (C=O) groups is 1. The van der Waals surface area contributed by atoms with Gasteiger partial charge in [-0.2, -0.15) is 9.78 Å². The molecule has 0 bridgehead atoms. The molecule has 134 valence electrons. The molecule has 0 fully saturated rings. The van der Waals surface area contributed by atoms with Gasteiger partial charge in [0.25, 0.3) is 5.91 Å². The zero-order valence-electron chi connectivity index (χ0n) is 13.6. The number of hydrogen-bond donors (Lipinski definition) is 2. The van der Waals surface area contributed by atoms with E-state index in [1.165, 1.54) is 0 Å². The highest BCUT2D eigenvalue weighted by Crippen LogP contribution is 2.23. The third-order valence-corrected chi connectivity index (χ3v) is 4.15. The molecular formula is C14H12Cl2N8O2. The molecule has 1 amide bonds. The SMILES string of the molecule is C/C(=N\NC(=O)c1c(C)nnn1-c1nonc1N)c1ccc(Cl)c(Cl)c1. The number of benzene rings is 1. The van der Waals surface area contributed by atoms with E-state index in [1.54, 1.807) is 32.0 Å². The summed E-state index contributed by atoms with van der Waals surface area (Å²) >= 11 is 11.9. The number of rotatable bonds is 4. The average Bonchev–Trinajstić information content (AvgIpc) is 3.20. The first-order chi connectivity index (χ1) is 12.4. The third kappa shape index (κ3) is 3.37. The van der Waals surface area contributed by atoms with Crippen LogP contribution in [0.4, 0.5) is 5.82 Å². The maximum atomic E-state index is 12.5. The molecule has 3 aromatic rings. The molecule has 0 spiro atoms. The fourth-order valence-corrected chi connectivity index (χ4v) is 2.38. The van der Waals surface area contributed by atoms with Crippen LogP contribution in [0.1, 0.15) is 28.7 Å². The van der Waals surface area contributed by atoms with Gasteiger partial charge in [0.1, 0.15) is 0 Å². The van der Waals surface area contributed by atoms with Gasteiger partial charge in [-0.3, -0.25) is 4.79 Å². The number of hydrogen-bond acceptors (Lipinski definition) is 8. The summed E-state index contributed by atoms with van der Waals surface area (Å²) in [7, 11) is 0. The Labute approximate surface area is 156 Å². The van der Waals surface area contributed by atoms with Crippen molar-refractivity contribution < 1.29 is 9.42 Å². The van der Waals surface area contributed by atoms with Gasteiger partial charge in [0, 0.05) is 0 Å². The zero-order valence-corrected chi connectivity index (χ0v) is 15.1. The van der Waals surface area contributed by atoms with Crippen molar-refractivity contribution in [2.45, 2.75) is 13.8 Å². The molecule has 26 heavy (non-hydrogen) atoms. The number of aryl methyl sites for hydroxylation is 1. The van der Waals surface area contributed by atoms with Gasteiger partial charge in [-0.1, -0.05) is 34.5 Å². The predicted molar refractivity (Wildman–Crippen MR) is 94.5 cm³/mol. The van der Waals surface area contributed by atoms with Crippen LogP contribution < -0.4 is 11.2 Å². The number of halogens is 2. The Kier molecular flexibility index (Phi) is 4.87.